The number of carbonyl (C=O) groups is 1. The lowest BCUT2D eigenvalue weighted by atomic mass is 10.3. The van der Waals surface area contributed by atoms with Gasteiger partial charge in [0.25, 0.3) is 0 Å². The first-order chi connectivity index (χ1) is 11.3. The summed E-state index contributed by atoms with van der Waals surface area (Å²) < 4.78 is 37.0. The van der Waals surface area contributed by atoms with E-state index in [9.17, 15) is 13.2 Å². The quantitative estimate of drug-likeness (QED) is 0.659. The first kappa shape index (κ1) is 20.9. The molecule has 0 radical (unpaired) electrons. The number of methoxy groups -OCH3 is 2. The molecule has 1 unspecified atom stereocenters. The number of nitrogens with zero attached hydrogens (tertiary/aromatic N) is 1. The highest BCUT2D eigenvalue weighted by molar-refractivity contribution is 7.89. The second kappa shape index (κ2) is 9.95. The van der Waals surface area contributed by atoms with Gasteiger partial charge in [-0.05, 0) is 31.2 Å². The van der Waals surface area contributed by atoms with E-state index in [-0.39, 0.29) is 10.8 Å². The molecule has 1 aromatic carbocycles. The molecule has 1 aromatic rings. The van der Waals surface area contributed by atoms with Gasteiger partial charge in [-0.2, -0.15) is 4.72 Å². The molecular formula is C15H23ClN2O5S. The number of amides is 1. The summed E-state index contributed by atoms with van der Waals surface area (Å²) in [6, 6.07) is 4.81. The lowest BCUT2D eigenvalue weighted by molar-refractivity contribution is -0.133. The summed E-state index contributed by atoms with van der Waals surface area (Å²) in [5, 5.41) is 0.434. The lowest BCUT2D eigenvalue weighted by Gasteiger charge is -2.25. The maximum Gasteiger partial charge on any atom is 0.241 e. The molecule has 0 saturated heterocycles. The topological polar surface area (TPSA) is 84.9 Å². The van der Waals surface area contributed by atoms with Crippen LogP contribution in [0, 0.1) is 0 Å². The van der Waals surface area contributed by atoms with Crippen LogP contribution in [0.1, 0.15) is 6.92 Å². The molecule has 0 aliphatic rings. The molecule has 0 aliphatic carbocycles. The molecule has 0 fully saturated rings. The molecule has 9 heteroatoms. The van der Waals surface area contributed by atoms with E-state index in [0.29, 0.717) is 31.3 Å². The monoisotopic (exact) mass is 378 g/mol. The summed E-state index contributed by atoms with van der Waals surface area (Å²) >= 11 is 5.76. The van der Waals surface area contributed by atoms with E-state index >= 15 is 0 Å². The van der Waals surface area contributed by atoms with Crippen molar-refractivity contribution in [3.63, 3.8) is 0 Å². The number of hydrogen-bond donors (Lipinski definition) is 1. The Hall–Kier alpha value is -1.19. The molecule has 7 nitrogen and oxygen atoms in total. The van der Waals surface area contributed by atoms with Gasteiger partial charge in [-0.3, -0.25) is 4.79 Å². The standard InChI is InChI=1S/C15H23ClN2O5S/c1-12(15(19)18(8-10-22-2)9-11-23-3)17-24(20,21)14-6-4-13(16)5-7-14/h4-7,12,17H,8-11H2,1-3H3. The van der Waals surface area contributed by atoms with Crippen LogP contribution in [0.5, 0.6) is 0 Å². The molecule has 24 heavy (non-hydrogen) atoms. The Morgan fingerprint density at radius 1 is 1.17 bits per heavy atom. The fourth-order valence-corrected chi connectivity index (χ4v) is 3.30. The van der Waals surface area contributed by atoms with Crippen LogP contribution in [0.2, 0.25) is 5.02 Å². The number of hydrogen-bond acceptors (Lipinski definition) is 5. The summed E-state index contributed by atoms with van der Waals surface area (Å²) in [5.74, 6) is -0.346. The van der Waals surface area contributed by atoms with Crippen LogP contribution in [-0.4, -0.2) is 65.8 Å². The lowest BCUT2D eigenvalue weighted by Crippen LogP contribution is -2.48. The normalized spacial score (nSPS) is 12.8. The van der Waals surface area contributed by atoms with Gasteiger partial charge in [0, 0.05) is 32.3 Å². The van der Waals surface area contributed by atoms with E-state index in [0.717, 1.165) is 0 Å². The number of benzene rings is 1. The molecular weight excluding hydrogens is 356 g/mol. The summed E-state index contributed by atoms with van der Waals surface area (Å²) in [5.41, 5.74) is 0. The largest absolute Gasteiger partial charge is 0.383 e. The maximum atomic E-state index is 12.5. The zero-order chi connectivity index (χ0) is 18.2. The van der Waals surface area contributed by atoms with Crippen molar-refractivity contribution in [3.05, 3.63) is 29.3 Å². The number of rotatable bonds is 10. The molecule has 1 rings (SSSR count). The fourth-order valence-electron chi connectivity index (χ4n) is 1.97. The van der Waals surface area contributed by atoms with Crippen LogP contribution in [0.15, 0.2) is 29.2 Å². The Balaban J connectivity index is 2.80. The summed E-state index contributed by atoms with van der Waals surface area (Å²) in [6.45, 7) is 2.91. The SMILES string of the molecule is COCCN(CCOC)C(=O)C(C)NS(=O)(=O)c1ccc(Cl)cc1. The highest BCUT2D eigenvalue weighted by Gasteiger charge is 2.25. The van der Waals surface area contributed by atoms with Gasteiger partial charge in [0.15, 0.2) is 0 Å². The molecule has 0 bridgehead atoms. The Morgan fingerprint density at radius 2 is 1.67 bits per heavy atom. The van der Waals surface area contributed by atoms with E-state index in [1.54, 1.807) is 0 Å². The van der Waals surface area contributed by atoms with Crippen LogP contribution < -0.4 is 4.72 Å². The van der Waals surface area contributed by atoms with Crippen LogP contribution >= 0.6 is 11.6 Å². The van der Waals surface area contributed by atoms with Gasteiger partial charge in [0.1, 0.15) is 0 Å². The highest BCUT2D eigenvalue weighted by Crippen LogP contribution is 2.14. The number of sulfonamides is 1. The third-order valence-corrected chi connectivity index (χ3v) is 5.08. The van der Waals surface area contributed by atoms with Crippen molar-refractivity contribution in [2.75, 3.05) is 40.5 Å². The number of nitrogens with one attached hydrogen (secondary N) is 1. The van der Waals surface area contributed by atoms with Gasteiger partial charge in [-0.1, -0.05) is 11.6 Å². The predicted octanol–water partition coefficient (Wildman–Crippen LogP) is 1.13. The van der Waals surface area contributed by atoms with Gasteiger partial charge in [-0.15, -0.1) is 0 Å². The molecule has 0 saturated carbocycles. The van der Waals surface area contributed by atoms with Crippen molar-refractivity contribution in [3.8, 4) is 0 Å². The minimum atomic E-state index is -3.81. The molecule has 0 heterocycles. The average Bonchev–Trinajstić information content (AvgIpc) is 2.54. The first-order valence-corrected chi connectivity index (χ1v) is 9.22. The minimum absolute atomic E-state index is 0.0480. The van der Waals surface area contributed by atoms with Gasteiger partial charge < -0.3 is 14.4 Å². The van der Waals surface area contributed by atoms with Crippen LogP contribution in [-0.2, 0) is 24.3 Å². The first-order valence-electron chi connectivity index (χ1n) is 7.36. The fraction of sp³-hybridized carbons (Fsp3) is 0.533. The van der Waals surface area contributed by atoms with Gasteiger partial charge in [-0.25, -0.2) is 8.42 Å². The molecule has 0 aliphatic heterocycles. The highest BCUT2D eigenvalue weighted by atomic mass is 35.5. The number of halogens is 1. The predicted molar refractivity (Wildman–Crippen MR) is 91.6 cm³/mol. The van der Waals surface area contributed by atoms with Crippen molar-refractivity contribution in [1.82, 2.24) is 9.62 Å². The van der Waals surface area contributed by atoms with Crippen molar-refractivity contribution in [2.45, 2.75) is 17.9 Å². The van der Waals surface area contributed by atoms with Crippen molar-refractivity contribution in [1.29, 1.82) is 0 Å². The zero-order valence-corrected chi connectivity index (χ0v) is 15.6. The molecule has 0 aromatic heterocycles. The Bertz CT molecular complexity index is 613. The smallest absolute Gasteiger partial charge is 0.241 e. The third kappa shape index (κ3) is 6.37. The average molecular weight is 379 g/mol. The Labute approximate surface area is 147 Å². The van der Waals surface area contributed by atoms with E-state index in [2.05, 4.69) is 4.72 Å². The van der Waals surface area contributed by atoms with Crippen molar-refractivity contribution >= 4 is 27.5 Å². The maximum absolute atomic E-state index is 12.5. The van der Waals surface area contributed by atoms with Crippen molar-refractivity contribution < 1.29 is 22.7 Å². The molecule has 0 spiro atoms. The van der Waals surface area contributed by atoms with E-state index in [1.165, 1.54) is 50.3 Å². The molecule has 1 atom stereocenters. The molecule has 136 valence electrons. The summed E-state index contributed by atoms with van der Waals surface area (Å²) in [4.78, 5) is 14.0. The summed E-state index contributed by atoms with van der Waals surface area (Å²) in [6.07, 6.45) is 0. The van der Waals surface area contributed by atoms with Gasteiger partial charge in [0.05, 0.1) is 24.2 Å². The Kier molecular flexibility index (Phi) is 8.65. The van der Waals surface area contributed by atoms with Crippen molar-refractivity contribution in [2.24, 2.45) is 0 Å². The van der Waals surface area contributed by atoms with Crippen LogP contribution in [0.3, 0.4) is 0 Å². The second-order valence-corrected chi connectivity index (χ2v) is 7.26. The third-order valence-electron chi connectivity index (χ3n) is 3.27. The number of ether oxygens (including phenoxy) is 2. The summed E-state index contributed by atoms with van der Waals surface area (Å²) in [7, 11) is -0.748. The Morgan fingerprint density at radius 3 is 2.12 bits per heavy atom. The van der Waals surface area contributed by atoms with Crippen LogP contribution in [0.4, 0.5) is 0 Å². The van der Waals surface area contributed by atoms with Gasteiger partial charge in [0.2, 0.25) is 15.9 Å². The van der Waals surface area contributed by atoms with E-state index in [1.807, 2.05) is 0 Å². The molecule has 1 N–H and O–H groups in total. The number of carbonyl (C=O) groups excluding carboxylic acids is 1. The zero-order valence-electron chi connectivity index (χ0n) is 14.0. The second-order valence-electron chi connectivity index (χ2n) is 5.11. The van der Waals surface area contributed by atoms with E-state index < -0.39 is 16.1 Å². The minimum Gasteiger partial charge on any atom is -0.383 e. The van der Waals surface area contributed by atoms with Crippen LogP contribution in [0.25, 0.3) is 0 Å². The van der Waals surface area contributed by atoms with E-state index in [4.69, 9.17) is 21.1 Å². The van der Waals surface area contributed by atoms with Gasteiger partial charge >= 0.3 is 0 Å². The molecule has 1 amide bonds.